The van der Waals surface area contributed by atoms with Crippen LogP contribution in [0.15, 0.2) is 35.2 Å². The summed E-state index contributed by atoms with van der Waals surface area (Å²) in [6.45, 7) is 0. The number of phenols is 1. The van der Waals surface area contributed by atoms with Crippen LogP contribution in [0.3, 0.4) is 0 Å². The van der Waals surface area contributed by atoms with Gasteiger partial charge in [0, 0.05) is 17.5 Å². The summed E-state index contributed by atoms with van der Waals surface area (Å²) in [6, 6.07) is 5.40. The SMILES string of the molecule is O=[N+]([O-])c1ccc2cc(O)cc(S(=O)(=O)[O-])c2c1. The Morgan fingerprint density at radius 3 is 2.39 bits per heavy atom. The average Bonchev–Trinajstić information content (AvgIpc) is 2.25. The summed E-state index contributed by atoms with van der Waals surface area (Å²) in [4.78, 5) is 9.22. The first-order valence-corrected chi connectivity index (χ1v) is 6.07. The third-order valence-corrected chi connectivity index (χ3v) is 3.24. The van der Waals surface area contributed by atoms with Crippen LogP contribution in [0.1, 0.15) is 0 Å². The molecule has 0 aliphatic carbocycles. The van der Waals surface area contributed by atoms with Crippen molar-refractivity contribution in [2.45, 2.75) is 4.90 Å². The number of non-ortho nitro benzene ring substituents is 1. The van der Waals surface area contributed by atoms with Gasteiger partial charge >= 0.3 is 0 Å². The number of benzene rings is 2. The highest BCUT2D eigenvalue weighted by Gasteiger charge is 2.13. The Kier molecular flexibility index (Phi) is 2.68. The fourth-order valence-corrected chi connectivity index (χ4v) is 2.33. The smallest absolute Gasteiger partial charge is 0.270 e. The van der Waals surface area contributed by atoms with Gasteiger partial charge in [-0.15, -0.1) is 0 Å². The lowest BCUT2D eigenvalue weighted by atomic mass is 10.1. The molecule has 2 aromatic carbocycles. The third-order valence-electron chi connectivity index (χ3n) is 2.36. The number of nitro groups is 1. The number of nitrogens with zero attached hydrogens (tertiary/aromatic N) is 1. The normalized spacial score (nSPS) is 11.6. The van der Waals surface area contributed by atoms with Crippen molar-refractivity contribution in [3.8, 4) is 5.75 Å². The second kappa shape index (κ2) is 3.93. The fourth-order valence-electron chi connectivity index (χ4n) is 1.62. The Hall–Kier alpha value is -2.19. The molecule has 0 aromatic heterocycles. The minimum absolute atomic E-state index is 0.0861. The number of hydrogen-bond donors (Lipinski definition) is 1. The number of rotatable bonds is 2. The first-order valence-electron chi connectivity index (χ1n) is 4.66. The Labute approximate surface area is 101 Å². The van der Waals surface area contributed by atoms with Gasteiger partial charge in [0.25, 0.3) is 5.69 Å². The van der Waals surface area contributed by atoms with Crippen LogP contribution in [0.25, 0.3) is 10.8 Å². The molecule has 1 N–H and O–H groups in total. The Morgan fingerprint density at radius 1 is 1.17 bits per heavy atom. The molecule has 0 saturated heterocycles. The lowest BCUT2D eigenvalue weighted by molar-refractivity contribution is -0.384. The van der Waals surface area contributed by atoms with E-state index in [4.69, 9.17) is 0 Å². The summed E-state index contributed by atoms with van der Waals surface area (Å²) in [5.41, 5.74) is -0.335. The van der Waals surface area contributed by atoms with E-state index < -0.39 is 25.7 Å². The highest BCUT2D eigenvalue weighted by Crippen LogP contribution is 2.30. The third kappa shape index (κ3) is 2.11. The van der Waals surface area contributed by atoms with Gasteiger partial charge < -0.3 is 9.66 Å². The van der Waals surface area contributed by atoms with Gasteiger partial charge in [-0.2, -0.15) is 0 Å². The number of hydrogen-bond acceptors (Lipinski definition) is 6. The van der Waals surface area contributed by atoms with Gasteiger partial charge in [-0.3, -0.25) is 10.1 Å². The molecule has 0 unspecified atom stereocenters. The van der Waals surface area contributed by atoms with Crippen molar-refractivity contribution in [1.82, 2.24) is 0 Å². The molecule has 8 heteroatoms. The first-order chi connectivity index (χ1) is 8.29. The van der Waals surface area contributed by atoms with Gasteiger partial charge in [0.2, 0.25) is 0 Å². The van der Waals surface area contributed by atoms with Gasteiger partial charge in [-0.1, -0.05) is 0 Å². The lowest BCUT2D eigenvalue weighted by Gasteiger charge is -2.11. The summed E-state index contributed by atoms with van der Waals surface area (Å²) in [5.74, 6) is -0.397. The monoisotopic (exact) mass is 268 g/mol. The zero-order valence-electron chi connectivity index (χ0n) is 8.73. The van der Waals surface area contributed by atoms with Crippen LogP contribution in [0, 0.1) is 10.1 Å². The first kappa shape index (κ1) is 12.3. The van der Waals surface area contributed by atoms with E-state index in [0.29, 0.717) is 0 Å². The van der Waals surface area contributed by atoms with Crippen molar-refractivity contribution in [3.63, 3.8) is 0 Å². The van der Waals surface area contributed by atoms with E-state index in [1.165, 1.54) is 12.1 Å². The summed E-state index contributed by atoms with van der Waals surface area (Å²) in [5, 5.41) is 20.1. The molecule has 0 fully saturated rings. The molecular weight excluding hydrogens is 262 g/mol. The Balaban J connectivity index is 2.91. The maximum atomic E-state index is 11.0. The Bertz CT molecular complexity index is 752. The van der Waals surface area contributed by atoms with Crippen molar-refractivity contribution in [3.05, 3.63) is 40.4 Å². The number of phenolic OH excluding ortho intramolecular Hbond substituents is 1. The van der Waals surface area contributed by atoms with E-state index in [1.54, 1.807) is 0 Å². The van der Waals surface area contributed by atoms with Crippen molar-refractivity contribution in [2.24, 2.45) is 0 Å². The molecule has 0 saturated carbocycles. The molecule has 2 rings (SSSR count). The van der Waals surface area contributed by atoms with Crippen molar-refractivity contribution < 1.29 is 23.0 Å². The summed E-state index contributed by atoms with van der Waals surface area (Å²) in [7, 11) is -4.83. The van der Waals surface area contributed by atoms with E-state index in [1.807, 2.05) is 0 Å². The second-order valence-corrected chi connectivity index (χ2v) is 4.91. The predicted octanol–water partition coefficient (Wildman–Crippen LogP) is 1.36. The Morgan fingerprint density at radius 2 is 1.83 bits per heavy atom. The molecule has 7 nitrogen and oxygen atoms in total. The molecule has 0 spiro atoms. The van der Waals surface area contributed by atoms with Gasteiger partial charge in [0.15, 0.2) is 0 Å². The van der Waals surface area contributed by atoms with E-state index in [-0.39, 0.29) is 16.5 Å². The molecule has 0 radical (unpaired) electrons. The van der Waals surface area contributed by atoms with Crippen LogP contribution in [-0.4, -0.2) is 23.0 Å². The molecule has 0 atom stereocenters. The minimum Gasteiger partial charge on any atom is -0.744 e. The molecule has 0 amide bonds. The maximum Gasteiger partial charge on any atom is 0.270 e. The predicted molar refractivity (Wildman–Crippen MR) is 60.2 cm³/mol. The molecule has 0 bridgehead atoms. The van der Waals surface area contributed by atoms with Crippen LogP contribution in [0.4, 0.5) is 5.69 Å². The molecule has 18 heavy (non-hydrogen) atoms. The maximum absolute atomic E-state index is 11.0. The van der Waals surface area contributed by atoms with E-state index >= 15 is 0 Å². The van der Waals surface area contributed by atoms with E-state index in [2.05, 4.69) is 0 Å². The molecule has 94 valence electrons. The van der Waals surface area contributed by atoms with Crippen LogP contribution in [0.5, 0.6) is 5.75 Å². The van der Waals surface area contributed by atoms with Gasteiger partial charge in [0.1, 0.15) is 15.9 Å². The average molecular weight is 268 g/mol. The van der Waals surface area contributed by atoms with Crippen molar-refractivity contribution in [2.75, 3.05) is 0 Å². The summed E-state index contributed by atoms with van der Waals surface area (Å²) in [6.07, 6.45) is 0. The zero-order valence-corrected chi connectivity index (χ0v) is 9.55. The highest BCUT2D eigenvalue weighted by molar-refractivity contribution is 7.86. The fraction of sp³-hybridized carbons (Fsp3) is 0. The quantitative estimate of drug-likeness (QED) is 0.498. The highest BCUT2D eigenvalue weighted by atomic mass is 32.2. The van der Waals surface area contributed by atoms with Gasteiger partial charge in [0.05, 0.1) is 9.82 Å². The molecule has 0 heterocycles. The molecule has 2 aromatic rings. The zero-order chi connectivity index (χ0) is 13.5. The van der Waals surface area contributed by atoms with Gasteiger partial charge in [-0.05, 0) is 23.6 Å². The summed E-state index contributed by atoms with van der Waals surface area (Å²) >= 11 is 0. The van der Waals surface area contributed by atoms with Crippen LogP contribution < -0.4 is 0 Å². The van der Waals surface area contributed by atoms with E-state index in [0.717, 1.165) is 18.2 Å². The molecule has 0 aliphatic rings. The van der Waals surface area contributed by atoms with Crippen LogP contribution in [0.2, 0.25) is 0 Å². The molecule has 0 aliphatic heterocycles. The molecular formula is C10H6NO6S-. The number of nitro benzene ring substituents is 1. The van der Waals surface area contributed by atoms with Crippen molar-refractivity contribution in [1.29, 1.82) is 0 Å². The van der Waals surface area contributed by atoms with Crippen LogP contribution in [-0.2, 0) is 10.1 Å². The minimum atomic E-state index is -4.83. The second-order valence-electron chi connectivity index (χ2n) is 3.56. The topological polar surface area (TPSA) is 121 Å². The number of fused-ring (bicyclic) bond motifs is 1. The largest absolute Gasteiger partial charge is 0.744 e. The standard InChI is InChI=1S/C10H7NO6S/c12-8-3-6-1-2-7(11(13)14)4-9(6)10(5-8)18(15,16)17/h1-5,12H,(H,15,16,17)/p-1. The number of aromatic hydroxyl groups is 1. The van der Waals surface area contributed by atoms with Crippen molar-refractivity contribution >= 4 is 26.6 Å². The van der Waals surface area contributed by atoms with Crippen LogP contribution >= 0.6 is 0 Å². The van der Waals surface area contributed by atoms with Gasteiger partial charge in [-0.25, -0.2) is 8.42 Å². The van der Waals surface area contributed by atoms with E-state index in [9.17, 15) is 28.2 Å². The summed E-state index contributed by atoms with van der Waals surface area (Å²) < 4.78 is 33.1. The lowest BCUT2D eigenvalue weighted by Crippen LogP contribution is -2.00.